The molecule has 4 heteroatoms. The Hall–Kier alpha value is -0.440. The molecule has 1 heterocycles. The van der Waals surface area contributed by atoms with Crippen LogP contribution in [0.4, 0.5) is 5.69 Å². The molecule has 1 N–H and O–H groups in total. The third kappa shape index (κ3) is 3.27. The van der Waals surface area contributed by atoms with Crippen molar-refractivity contribution in [3.8, 4) is 0 Å². The van der Waals surface area contributed by atoms with Crippen LogP contribution in [0.5, 0.6) is 0 Å². The van der Waals surface area contributed by atoms with E-state index in [9.17, 15) is 0 Å². The van der Waals surface area contributed by atoms with Crippen molar-refractivity contribution in [2.24, 2.45) is 0 Å². The first kappa shape index (κ1) is 13.0. The van der Waals surface area contributed by atoms with Gasteiger partial charge in [0.25, 0.3) is 0 Å². The molecule has 1 aliphatic rings. The fraction of sp³-hybridized carbons (Fsp3) is 0.538. The summed E-state index contributed by atoms with van der Waals surface area (Å²) in [6.07, 6.45) is 2.48. The van der Waals surface area contributed by atoms with Crippen LogP contribution in [0.15, 0.2) is 18.2 Å². The molecule has 0 aliphatic carbocycles. The minimum Gasteiger partial charge on any atom is -0.370 e. The summed E-state index contributed by atoms with van der Waals surface area (Å²) in [5, 5.41) is 4.76. The molecule has 0 saturated carbocycles. The fourth-order valence-corrected chi connectivity index (χ4v) is 2.64. The average Bonchev–Trinajstić information content (AvgIpc) is 2.33. The van der Waals surface area contributed by atoms with E-state index in [0.717, 1.165) is 19.6 Å². The number of anilines is 1. The SMILES string of the molecule is CCNC1CCCN(c2ccc(Cl)c(Cl)c2)C1. The number of nitrogens with one attached hydrogen (secondary N) is 1. The number of benzene rings is 1. The van der Waals surface area contributed by atoms with Crippen LogP contribution in [0.2, 0.25) is 10.0 Å². The topological polar surface area (TPSA) is 15.3 Å². The summed E-state index contributed by atoms with van der Waals surface area (Å²) in [6.45, 7) is 5.32. The van der Waals surface area contributed by atoms with Crippen LogP contribution < -0.4 is 10.2 Å². The summed E-state index contributed by atoms with van der Waals surface area (Å²) < 4.78 is 0. The normalized spacial score (nSPS) is 20.6. The molecule has 0 radical (unpaired) electrons. The summed E-state index contributed by atoms with van der Waals surface area (Å²) in [5.74, 6) is 0. The van der Waals surface area contributed by atoms with Gasteiger partial charge in [0, 0.05) is 24.8 Å². The smallest absolute Gasteiger partial charge is 0.0612 e. The number of hydrogen-bond acceptors (Lipinski definition) is 2. The summed E-state index contributed by atoms with van der Waals surface area (Å²) in [6, 6.07) is 6.46. The molecular formula is C13H18Cl2N2. The van der Waals surface area contributed by atoms with Crippen LogP contribution in [0.25, 0.3) is 0 Å². The van der Waals surface area contributed by atoms with E-state index < -0.39 is 0 Å². The van der Waals surface area contributed by atoms with Crippen molar-refractivity contribution in [3.05, 3.63) is 28.2 Å². The summed E-state index contributed by atoms with van der Waals surface area (Å²) >= 11 is 12.0. The van der Waals surface area contributed by atoms with Crippen molar-refractivity contribution in [2.75, 3.05) is 24.5 Å². The number of hydrogen-bond donors (Lipinski definition) is 1. The van der Waals surface area contributed by atoms with Crippen LogP contribution in [0.1, 0.15) is 19.8 Å². The first-order chi connectivity index (χ1) is 8.20. The second-order valence-electron chi connectivity index (χ2n) is 4.44. The maximum atomic E-state index is 6.06. The van der Waals surface area contributed by atoms with E-state index in [0.29, 0.717) is 16.1 Å². The Bertz CT molecular complexity index is 380. The van der Waals surface area contributed by atoms with Crippen LogP contribution in [0.3, 0.4) is 0 Å². The molecule has 2 rings (SSSR count). The van der Waals surface area contributed by atoms with Crippen LogP contribution in [-0.4, -0.2) is 25.7 Å². The molecule has 1 saturated heterocycles. The van der Waals surface area contributed by atoms with Gasteiger partial charge in [-0.3, -0.25) is 0 Å². The minimum absolute atomic E-state index is 0.586. The predicted octanol–water partition coefficient (Wildman–Crippen LogP) is 3.57. The molecule has 1 atom stereocenters. The van der Waals surface area contributed by atoms with E-state index in [1.807, 2.05) is 18.2 Å². The first-order valence-corrected chi connectivity index (χ1v) is 6.89. The Morgan fingerprint density at radius 2 is 2.18 bits per heavy atom. The maximum absolute atomic E-state index is 6.06. The van der Waals surface area contributed by atoms with Gasteiger partial charge < -0.3 is 10.2 Å². The van der Waals surface area contributed by atoms with Crippen LogP contribution >= 0.6 is 23.2 Å². The molecule has 0 amide bonds. The zero-order valence-electron chi connectivity index (χ0n) is 10.0. The van der Waals surface area contributed by atoms with Gasteiger partial charge in [-0.2, -0.15) is 0 Å². The number of nitrogens with zero attached hydrogens (tertiary/aromatic N) is 1. The van der Waals surface area contributed by atoms with Gasteiger partial charge in [-0.25, -0.2) is 0 Å². The Balaban J connectivity index is 2.08. The molecule has 0 spiro atoms. The molecule has 1 aromatic carbocycles. The van der Waals surface area contributed by atoms with E-state index in [-0.39, 0.29) is 0 Å². The molecular weight excluding hydrogens is 255 g/mol. The van der Waals surface area contributed by atoms with Gasteiger partial charge in [0.2, 0.25) is 0 Å². The van der Waals surface area contributed by atoms with Gasteiger partial charge in [-0.15, -0.1) is 0 Å². The third-order valence-corrected chi connectivity index (χ3v) is 3.92. The van der Waals surface area contributed by atoms with E-state index in [4.69, 9.17) is 23.2 Å². The number of rotatable bonds is 3. The van der Waals surface area contributed by atoms with E-state index >= 15 is 0 Å². The molecule has 17 heavy (non-hydrogen) atoms. The Morgan fingerprint density at radius 3 is 2.88 bits per heavy atom. The molecule has 2 nitrogen and oxygen atoms in total. The largest absolute Gasteiger partial charge is 0.370 e. The highest BCUT2D eigenvalue weighted by Gasteiger charge is 2.19. The van der Waals surface area contributed by atoms with Gasteiger partial charge in [0.15, 0.2) is 0 Å². The third-order valence-electron chi connectivity index (χ3n) is 3.18. The van der Waals surface area contributed by atoms with Crippen LogP contribution in [-0.2, 0) is 0 Å². The summed E-state index contributed by atoms with van der Waals surface area (Å²) in [5.41, 5.74) is 1.17. The first-order valence-electron chi connectivity index (χ1n) is 6.14. The van der Waals surface area contributed by atoms with Gasteiger partial charge in [0.05, 0.1) is 10.0 Å². The van der Waals surface area contributed by atoms with Crippen molar-refractivity contribution in [1.82, 2.24) is 5.32 Å². The predicted molar refractivity (Wildman–Crippen MR) is 75.4 cm³/mol. The highest BCUT2D eigenvalue weighted by molar-refractivity contribution is 6.42. The minimum atomic E-state index is 0.586. The van der Waals surface area contributed by atoms with Crippen molar-refractivity contribution in [2.45, 2.75) is 25.8 Å². The van der Waals surface area contributed by atoms with E-state index in [1.165, 1.54) is 18.5 Å². The molecule has 1 unspecified atom stereocenters. The second kappa shape index (κ2) is 5.94. The lowest BCUT2D eigenvalue weighted by Gasteiger charge is -2.35. The van der Waals surface area contributed by atoms with E-state index in [2.05, 4.69) is 17.1 Å². The quantitative estimate of drug-likeness (QED) is 0.905. The lowest BCUT2D eigenvalue weighted by atomic mass is 10.0. The number of likely N-dealkylation sites (N-methyl/N-ethyl adjacent to an activating group) is 1. The van der Waals surface area contributed by atoms with Crippen molar-refractivity contribution in [1.29, 1.82) is 0 Å². The zero-order valence-corrected chi connectivity index (χ0v) is 11.6. The zero-order chi connectivity index (χ0) is 12.3. The fourth-order valence-electron chi connectivity index (χ4n) is 2.35. The Kier molecular flexibility index (Phi) is 4.55. The lowest BCUT2D eigenvalue weighted by molar-refractivity contribution is 0.431. The van der Waals surface area contributed by atoms with Gasteiger partial charge >= 0.3 is 0 Å². The summed E-state index contributed by atoms with van der Waals surface area (Å²) in [7, 11) is 0. The van der Waals surface area contributed by atoms with Gasteiger partial charge in [-0.05, 0) is 37.6 Å². The average molecular weight is 273 g/mol. The highest BCUT2D eigenvalue weighted by Crippen LogP contribution is 2.28. The van der Waals surface area contributed by atoms with Gasteiger partial charge in [-0.1, -0.05) is 30.1 Å². The van der Waals surface area contributed by atoms with Crippen molar-refractivity contribution in [3.63, 3.8) is 0 Å². The molecule has 1 fully saturated rings. The van der Waals surface area contributed by atoms with E-state index in [1.54, 1.807) is 0 Å². The number of piperidine rings is 1. The highest BCUT2D eigenvalue weighted by atomic mass is 35.5. The molecule has 0 bridgehead atoms. The molecule has 0 aromatic heterocycles. The van der Waals surface area contributed by atoms with Crippen LogP contribution in [0, 0.1) is 0 Å². The molecule has 1 aliphatic heterocycles. The summed E-state index contributed by atoms with van der Waals surface area (Å²) in [4.78, 5) is 2.37. The lowest BCUT2D eigenvalue weighted by Crippen LogP contribution is -2.45. The second-order valence-corrected chi connectivity index (χ2v) is 5.26. The van der Waals surface area contributed by atoms with Crippen molar-refractivity contribution < 1.29 is 0 Å². The Morgan fingerprint density at radius 1 is 1.35 bits per heavy atom. The maximum Gasteiger partial charge on any atom is 0.0612 e. The van der Waals surface area contributed by atoms with Gasteiger partial charge in [0.1, 0.15) is 0 Å². The molecule has 1 aromatic rings. The van der Waals surface area contributed by atoms with Crippen molar-refractivity contribution >= 4 is 28.9 Å². The molecule has 94 valence electrons. The monoisotopic (exact) mass is 272 g/mol. The number of halogens is 2. The standard InChI is InChI=1S/C13H18Cl2N2/c1-2-16-10-4-3-7-17(9-10)11-5-6-12(14)13(15)8-11/h5-6,8,10,16H,2-4,7,9H2,1H3. The Labute approximate surface area is 113 Å².